The number of aromatic nitrogens is 1. The van der Waals surface area contributed by atoms with Crippen LogP contribution in [-0.4, -0.2) is 11.5 Å². The first kappa shape index (κ1) is 14.2. The quantitative estimate of drug-likeness (QED) is 0.720. The van der Waals surface area contributed by atoms with Crippen molar-refractivity contribution in [2.45, 2.75) is 25.8 Å². The predicted octanol–water partition coefficient (Wildman–Crippen LogP) is 4.58. The lowest BCUT2D eigenvalue weighted by Gasteiger charge is -2.17. The third-order valence-electron chi connectivity index (χ3n) is 3.60. The van der Waals surface area contributed by atoms with Gasteiger partial charge in [-0.05, 0) is 36.5 Å². The lowest BCUT2D eigenvalue weighted by molar-refractivity contribution is 0.532. The fourth-order valence-electron chi connectivity index (χ4n) is 2.51. The summed E-state index contributed by atoms with van der Waals surface area (Å²) < 4.78 is 0. The van der Waals surface area contributed by atoms with Crippen LogP contribution in [0.5, 0.6) is 0 Å². The van der Waals surface area contributed by atoms with Crippen LogP contribution in [0, 0.1) is 0 Å². The van der Waals surface area contributed by atoms with Gasteiger partial charge in [-0.3, -0.25) is 4.98 Å². The molecule has 1 unspecified atom stereocenters. The molecule has 108 valence electrons. The molecule has 0 aliphatic carbocycles. The Labute approximate surface area is 129 Å². The van der Waals surface area contributed by atoms with Crippen LogP contribution in [-0.2, 0) is 6.42 Å². The number of rotatable bonds is 6. The Balaban J connectivity index is 1.83. The summed E-state index contributed by atoms with van der Waals surface area (Å²) in [6.07, 6.45) is 2.08. The van der Waals surface area contributed by atoms with E-state index in [-0.39, 0.29) is 0 Å². The van der Waals surface area contributed by atoms with Gasteiger partial charge in [0, 0.05) is 28.4 Å². The van der Waals surface area contributed by atoms with Crippen molar-refractivity contribution in [3.05, 3.63) is 64.5 Å². The van der Waals surface area contributed by atoms with Gasteiger partial charge in [-0.1, -0.05) is 37.3 Å². The molecule has 0 fully saturated rings. The molecule has 0 aliphatic heterocycles. The molecule has 1 atom stereocenters. The first-order valence-corrected chi connectivity index (χ1v) is 8.36. The SMILES string of the molecule is CCCNC(Cc1ccc2ccccc2n1)c1cccs1. The molecule has 0 bridgehead atoms. The smallest absolute Gasteiger partial charge is 0.0705 e. The molecule has 3 rings (SSSR count). The highest BCUT2D eigenvalue weighted by atomic mass is 32.1. The Bertz CT molecular complexity index is 691. The highest BCUT2D eigenvalue weighted by molar-refractivity contribution is 7.10. The molecule has 2 heterocycles. The van der Waals surface area contributed by atoms with Gasteiger partial charge in [0.05, 0.1) is 5.52 Å². The minimum atomic E-state index is 0.360. The van der Waals surface area contributed by atoms with Gasteiger partial charge in [0.2, 0.25) is 0 Å². The Morgan fingerprint density at radius 3 is 2.81 bits per heavy atom. The van der Waals surface area contributed by atoms with Crippen LogP contribution in [0.3, 0.4) is 0 Å². The molecule has 1 aromatic carbocycles. The van der Waals surface area contributed by atoms with Crippen LogP contribution < -0.4 is 5.32 Å². The number of pyridine rings is 1. The van der Waals surface area contributed by atoms with Gasteiger partial charge < -0.3 is 5.32 Å². The molecular weight excluding hydrogens is 276 g/mol. The van der Waals surface area contributed by atoms with E-state index in [0.29, 0.717) is 6.04 Å². The maximum atomic E-state index is 4.80. The number of hydrogen-bond donors (Lipinski definition) is 1. The topological polar surface area (TPSA) is 24.9 Å². The van der Waals surface area contributed by atoms with Crippen LogP contribution in [0.4, 0.5) is 0 Å². The molecule has 0 radical (unpaired) electrons. The largest absolute Gasteiger partial charge is 0.309 e. The van der Waals surface area contributed by atoms with Crippen molar-refractivity contribution in [2.24, 2.45) is 0 Å². The van der Waals surface area contributed by atoms with E-state index < -0.39 is 0 Å². The maximum Gasteiger partial charge on any atom is 0.0705 e. The molecule has 1 N–H and O–H groups in total. The second-order valence-electron chi connectivity index (χ2n) is 5.22. The minimum absolute atomic E-state index is 0.360. The molecule has 2 nitrogen and oxygen atoms in total. The van der Waals surface area contributed by atoms with E-state index >= 15 is 0 Å². The van der Waals surface area contributed by atoms with Gasteiger partial charge in [0.15, 0.2) is 0 Å². The van der Waals surface area contributed by atoms with Crippen molar-refractivity contribution >= 4 is 22.2 Å². The molecule has 3 heteroatoms. The first-order valence-electron chi connectivity index (χ1n) is 7.48. The molecule has 0 saturated heterocycles. The summed E-state index contributed by atoms with van der Waals surface area (Å²) in [4.78, 5) is 6.19. The number of nitrogens with zero attached hydrogens (tertiary/aromatic N) is 1. The molecule has 3 aromatic rings. The van der Waals surface area contributed by atoms with Gasteiger partial charge >= 0.3 is 0 Å². The van der Waals surface area contributed by atoms with Crippen LogP contribution in [0.25, 0.3) is 10.9 Å². The lowest BCUT2D eigenvalue weighted by Crippen LogP contribution is -2.23. The van der Waals surface area contributed by atoms with E-state index in [1.54, 1.807) is 0 Å². The third-order valence-corrected chi connectivity index (χ3v) is 4.58. The summed E-state index contributed by atoms with van der Waals surface area (Å²) >= 11 is 1.81. The van der Waals surface area contributed by atoms with Crippen molar-refractivity contribution in [1.29, 1.82) is 0 Å². The van der Waals surface area contributed by atoms with E-state index in [9.17, 15) is 0 Å². The Morgan fingerprint density at radius 2 is 2.00 bits per heavy atom. The molecular formula is C18H20N2S. The van der Waals surface area contributed by atoms with Gasteiger partial charge in [-0.15, -0.1) is 11.3 Å². The first-order chi connectivity index (χ1) is 10.4. The maximum absolute atomic E-state index is 4.80. The van der Waals surface area contributed by atoms with Gasteiger partial charge in [-0.2, -0.15) is 0 Å². The molecule has 0 spiro atoms. The predicted molar refractivity (Wildman–Crippen MR) is 90.8 cm³/mol. The van der Waals surface area contributed by atoms with Crippen molar-refractivity contribution in [3.8, 4) is 0 Å². The normalized spacial score (nSPS) is 12.6. The summed E-state index contributed by atoms with van der Waals surface area (Å²) in [6.45, 7) is 3.24. The summed E-state index contributed by atoms with van der Waals surface area (Å²) in [5.74, 6) is 0. The molecule has 2 aromatic heterocycles. The number of thiophene rings is 1. The van der Waals surface area contributed by atoms with Crippen LogP contribution in [0.1, 0.15) is 30.0 Å². The molecule has 0 amide bonds. The summed E-state index contributed by atoms with van der Waals surface area (Å²) in [6, 6.07) is 17.3. The Kier molecular flexibility index (Phi) is 4.63. The van der Waals surface area contributed by atoms with Crippen LogP contribution in [0.2, 0.25) is 0 Å². The zero-order chi connectivity index (χ0) is 14.5. The van der Waals surface area contributed by atoms with Gasteiger partial charge in [0.1, 0.15) is 0 Å². The van der Waals surface area contributed by atoms with Crippen molar-refractivity contribution in [2.75, 3.05) is 6.54 Å². The van der Waals surface area contributed by atoms with Crippen LogP contribution in [0.15, 0.2) is 53.9 Å². The molecule has 21 heavy (non-hydrogen) atoms. The second kappa shape index (κ2) is 6.83. The van der Waals surface area contributed by atoms with E-state index in [4.69, 9.17) is 4.98 Å². The van der Waals surface area contributed by atoms with E-state index in [0.717, 1.165) is 30.6 Å². The van der Waals surface area contributed by atoms with Crippen molar-refractivity contribution < 1.29 is 0 Å². The average molecular weight is 296 g/mol. The van der Waals surface area contributed by atoms with Gasteiger partial charge in [-0.25, -0.2) is 0 Å². The average Bonchev–Trinajstić information content (AvgIpc) is 3.05. The standard InChI is InChI=1S/C18H20N2S/c1-2-11-19-17(18-8-5-12-21-18)13-15-10-9-14-6-3-4-7-16(14)20-15/h3-10,12,17,19H,2,11,13H2,1H3. The highest BCUT2D eigenvalue weighted by Gasteiger charge is 2.13. The van der Waals surface area contributed by atoms with E-state index in [1.807, 2.05) is 17.4 Å². The Morgan fingerprint density at radius 1 is 1.10 bits per heavy atom. The van der Waals surface area contributed by atoms with Crippen molar-refractivity contribution in [3.63, 3.8) is 0 Å². The lowest BCUT2D eigenvalue weighted by atomic mass is 10.1. The zero-order valence-electron chi connectivity index (χ0n) is 12.3. The van der Waals surface area contributed by atoms with Crippen LogP contribution >= 0.6 is 11.3 Å². The number of hydrogen-bond acceptors (Lipinski definition) is 3. The second-order valence-corrected chi connectivity index (χ2v) is 6.20. The zero-order valence-corrected chi connectivity index (χ0v) is 13.1. The number of benzene rings is 1. The summed E-state index contributed by atoms with van der Waals surface area (Å²) in [5, 5.41) is 6.99. The van der Waals surface area contributed by atoms with E-state index in [1.165, 1.54) is 10.3 Å². The van der Waals surface area contributed by atoms with Crippen molar-refractivity contribution in [1.82, 2.24) is 10.3 Å². The van der Waals surface area contributed by atoms with E-state index in [2.05, 4.69) is 60.1 Å². The Hall–Kier alpha value is -1.71. The number of fused-ring (bicyclic) bond motifs is 1. The fraction of sp³-hybridized carbons (Fsp3) is 0.278. The summed E-state index contributed by atoms with van der Waals surface area (Å²) in [5.41, 5.74) is 2.23. The minimum Gasteiger partial charge on any atom is -0.309 e. The molecule has 0 saturated carbocycles. The third kappa shape index (κ3) is 3.49. The fourth-order valence-corrected chi connectivity index (χ4v) is 3.31. The van der Waals surface area contributed by atoms with Gasteiger partial charge in [0.25, 0.3) is 0 Å². The number of para-hydroxylation sites is 1. The highest BCUT2D eigenvalue weighted by Crippen LogP contribution is 2.23. The number of nitrogens with one attached hydrogen (secondary N) is 1. The summed E-state index contributed by atoms with van der Waals surface area (Å²) in [7, 11) is 0. The monoisotopic (exact) mass is 296 g/mol. The molecule has 0 aliphatic rings.